The average molecular weight is 647 g/mol. The molecule has 45 heavy (non-hydrogen) atoms. The highest BCUT2D eigenvalue weighted by Crippen LogP contribution is 2.02. The van der Waals surface area contributed by atoms with Gasteiger partial charge in [-0.2, -0.15) is 10.5 Å². The molecule has 0 atom stereocenters. The molecule has 0 aliphatic heterocycles. The predicted octanol–water partition coefficient (Wildman–Crippen LogP) is 0.356. The number of aromatic nitrogens is 4. The second kappa shape index (κ2) is 15.3. The molecular weight excluding hydrogens is 617 g/mol. The van der Waals surface area contributed by atoms with Crippen LogP contribution in [-0.2, 0) is 41.5 Å². The lowest BCUT2D eigenvalue weighted by Crippen LogP contribution is -2.32. The number of hydrogen-bond acceptors (Lipinski definition) is 9. The van der Waals surface area contributed by atoms with E-state index in [1.54, 1.807) is 32.1 Å². The topological polar surface area (TPSA) is 165 Å². The lowest BCUT2D eigenvalue weighted by molar-refractivity contribution is -0.135. The molecule has 0 radical (unpaired) electrons. The number of carbonyl (C=O) groups excluding carboxylic acids is 1. The molecule has 0 saturated heterocycles. The van der Waals surface area contributed by atoms with E-state index in [4.69, 9.17) is 15.1 Å². The van der Waals surface area contributed by atoms with Gasteiger partial charge in [-0.15, -0.1) is 22.7 Å². The van der Waals surface area contributed by atoms with Gasteiger partial charge in [0.1, 0.15) is 28.1 Å². The third kappa shape index (κ3) is 7.56. The summed E-state index contributed by atoms with van der Waals surface area (Å²) < 4.78 is 12.7. The Kier molecular flexibility index (Phi) is 11.6. The number of nitrogens with zero attached hydrogens (tertiary/aromatic N) is 6. The van der Waals surface area contributed by atoms with Gasteiger partial charge >= 0.3 is 11.9 Å². The first-order chi connectivity index (χ1) is 21.5. The first-order valence-corrected chi connectivity index (χ1v) is 15.1. The van der Waals surface area contributed by atoms with Crippen molar-refractivity contribution in [3.8, 4) is 12.1 Å². The Hall–Kier alpha value is -5.44. The van der Waals surface area contributed by atoms with Crippen LogP contribution in [0.4, 0.5) is 0 Å². The molecule has 0 fully saturated rings. The summed E-state index contributed by atoms with van der Waals surface area (Å²) in [4.78, 5) is 48.0. The molecule has 0 unspecified atom stereocenters. The highest BCUT2D eigenvalue weighted by atomic mass is 32.1. The molecule has 14 heteroatoms. The summed E-state index contributed by atoms with van der Waals surface area (Å²) in [6, 6.07) is 11.0. The van der Waals surface area contributed by atoms with Crippen LogP contribution in [0.2, 0.25) is 0 Å². The number of nitriles is 2. The fourth-order valence-corrected chi connectivity index (χ4v) is 6.36. The Morgan fingerprint density at radius 1 is 0.889 bits per heavy atom. The van der Waals surface area contributed by atoms with Crippen LogP contribution < -0.4 is 29.5 Å². The van der Waals surface area contributed by atoms with Crippen molar-refractivity contribution in [2.24, 2.45) is 14.1 Å². The summed E-state index contributed by atoms with van der Waals surface area (Å²) in [5, 5.41) is 27.4. The molecule has 4 rings (SSSR count). The van der Waals surface area contributed by atoms with Gasteiger partial charge in [-0.1, -0.05) is 12.7 Å². The molecule has 0 aliphatic rings. The maximum Gasteiger partial charge on any atom is 0.352 e. The van der Waals surface area contributed by atoms with E-state index in [-0.39, 0.29) is 28.0 Å². The number of esters is 1. The Labute approximate surface area is 265 Å². The van der Waals surface area contributed by atoms with Gasteiger partial charge in [-0.25, -0.2) is 9.59 Å². The van der Waals surface area contributed by atoms with Crippen LogP contribution in [0, 0.1) is 22.7 Å². The van der Waals surface area contributed by atoms with Gasteiger partial charge in [-0.3, -0.25) is 18.7 Å². The Morgan fingerprint density at radius 3 is 1.67 bits per heavy atom. The lowest BCUT2D eigenvalue weighted by atomic mass is 10.3. The second-order valence-corrected chi connectivity index (χ2v) is 11.2. The highest BCUT2D eigenvalue weighted by Gasteiger charge is 2.17. The summed E-state index contributed by atoms with van der Waals surface area (Å²) in [5.74, 6) is -2.09. The molecular formula is C31H30N6O6S2. The second-order valence-electron chi connectivity index (χ2n) is 9.18. The minimum absolute atomic E-state index is 0.00801. The molecule has 0 aromatic carbocycles. The van der Waals surface area contributed by atoms with Crippen LogP contribution in [-0.4, -0.2) is 41.9 Å². The van der Waals surface area contributed by atoms with Gasteiger partial charge in [0, 0.05) is 51.0 Å². The van der Waals surface area contributed by atoms with Gasteiger partial charge in [0.05, 0.1) is 9.06 Å². The smallest absolute Gasteiger partial charge is 0.352 e. The lowest BCUT2D eigenvalue weighted by Gasteiger charge is -2.00. The molecule has 4 aromatic heterocycles. The zero-order chi connectivity index (χ0) is 33.3. The predicted molar refractivity (Wildman–Crippen MR) is 172 cm³/mol. The zero-order valence-corrected chi connectivity index (χ0v) is 26.6. The minimum atomic E-state index is -1.33. The molecule has 1 N–H and O–H groups in total. The number of ether oxygens (including phenoxy) is 1. The van der Waals surface area contributed by atoms with E-state index >= 15 is 0 Å². The summed E-state index contributed by atoms with van der Waals surface area (Å²) in [5.41, 5.74) is 0.585. The van der Waals surface area contributed by atoms with E-state index in [1.807, 2.05) is 66.0 Å². The number of carboxylic acid groups (broad SMARTS) is 1. The minimum Gasteiger partial charge on any atom is -0.477 e. The monoisotopic (exact) mass is 646 g/mol. The van der Waals surface area contributed by atoms with Crippen LogP contribution >= 0.6 is 22.7 Å². The number of carboxylic acids is 1. The van der Waals surface area contributed by atoms with Crippen molar-refractivity contribution in [2.45, 2.75) is 26.9 Å². The first kappa shape index (κ1) is 34.1. The van der Waals surface area contributed by atoms with E-state index < -0.39 is 17.5 Å². The van der Waals surface area contributed by atoms with E-state index in [2.05, 4.69) is 6.58 Å². The quantitative estimate of drug-likeness (QED) is 0.212. The van der Waals surface area contributed by atoms with E-state index in [9.17, 15) is 24.4 Å². The number of aliphatic carboxylic acids is 1. The summed E-state index contributed by atoms with van der Waals surface area (Å²) in [7, 11) is 3.72. The SMILES string of the molecule is C=CCOC(=O)/C(C#N)=c1\sc(=Cc2cccn2C)c(=O)n1CC.CCn1c(=O)c(=Cc2cccn2C)s/c1=C(/C#N)C(=O)O. The third-order valence-corrected chi connectivity index (χ3v) is 8.64. The fraction of sp³-hybridized carbons (Fsp3) is 0.226. The van der Waals surface area contributed by atoms with E-state index in [1.165, 1.54) is 15.2 Å². The van der Waals surface area contributed by atoms with Crippen LogP contribution in [0.5, 0.6) is 0 Å². The van der Waals surface area contributed by atoms with Crippen LogP contribution in [0.25, 0.3) is 23.3 Å². The van der Waals surface area contributed by atoms with Crippen molar-refractivity contribution in [1.82, 2.24) is 18.3 Å². The highest BCUT2D eigenvalue weighted by molar-refractivity contribution is 7.08. The molecule has 0 spiro atoms. The van der Waals surface area contributed by atoms with Gasteiger partial charge in [0.2, 0.25) is 0 Å². The summed E-state index contributed by atoms with van der Waals surface area (Å²) >= 11 is 2.13. The summed E-state index contributed by atoms with van der Waals surface area (Å²) in [6.07, 6.45) is 8.58. The molecule has 4 heterocycles. The first-order valence-electron chi connectivity index (χ1n) is 13.5. The molecule has 0 aliphatic carbocycles. The number of aryl methyl sites for hydroxylation is 2. The van der Waals surface area contributed by atoms with Gasteiger partial charge < -0.3 is 19.0 Å². The standard InChI is InChI=1S/C17H17N3O3S.C14H13N3O3S/c1-4-9-23-17(22)13(11-18)16-20(5-2)15(21)14(24-16)10-12-7-6-8-19(12)3;1-3-17-12(18)11(7-9-5-4-6-16(9)2)21-13(17)10(8-15)14(19)20/h4,6-8,10H,1,5,9H2,2-3H3;4-7H,3H2,1-2H3,(H,19,20)/b14-10?,16-13-;11-7?,13-10-. The van der Waals surface area contributed by atoms with Crippen molar-refractivity contribution in [3.63, 3.8) is 0 Å². The molecule has 232 valence electrons. The van der Waals surface area contributed by atoms with Crippen molar-refractivity contribution >= 4 is 57.9 Å². The number of thiazole rings is 2. The average Bonchev–Trinajstić information content (AvgIpc) is 3.77. The Bertz CT molecular complexity index is 2210. The van der Waals surface area contributed by atoms with Crippen molar-refractivity contribution in [3.05, 3.63) is 99.8 Å². The van der Waals surface area contributed by atoms with Gasteiger partial charge in [-0.05, 0) is 50.3 Å². The number of rotatable bonds is 8. The Morgan fingerprint density at radius 2 is 1.33 bits per heavy atom. The van der Waals surface area contributed by atoms with E-state index in [0.717, 1.165) is 34.1 Å². The normalized spacial score (nSPS) is 12.8. The summed E-state index contributed by atoms with van der Waals surface area (Å²) in [6.45, 7) is 7.66. The fourth-order valence-electron chi connectivity index (χ4n) is 4.08. The van der Waals surface area contributed by atoms with Crippen molar-refractivity contribution < 1.29 is 19.4 Å². The molecule has 12 nitrogen and oxygen atoms in total. The van der Waals surface area contributed by atoms with Crippen LogP contribution in [0.3, 0.4) is 0 Å². The molecule has 0 bridgehead atoms. The van der Waals surface area contributed by atoms with Crippen LogP contribution in [0.1, 0.15) is 25.2 Å². The maximum absolute atomic E-state index is 12.6. The van der Waals surface area contributed by atoms with Crippen molar-refractivity contribution in [2.75, 3.05) is 6.61 Å². The molecule has 0 amide bonds. The van der Waals surface area contributed by atoms with Gasteiger partial charge in [0.15, 0.2) is 11.1 Å². The zero-order valence-electron chi connectivity index (χ0n) is 25.0. The Balaban J connectivity index is 0.000000248. The van der Waals surface area contributed by atoms with E-state index in [0.29, 0.717) is 26.8 Å². The van der Waals surface area contributed by atoms with Gasteiger partial charge in [0.25, 0.3) is 11.1 Å². The third-order valence-electron chi connectivity index (χ3n) is 6.38. The molecule has 0 saturated carbocycles. The number of hydrogen-bond donors (Lipinski definition) is 1. The maximum atomic E-state index is 12.6. The number of carbonyl (C=O) groups is 2. The van der Waals surface area contributed by atoms with Crippen LogP contribution in [0.15, 0.2) is 58.9 Å². The van der Waals surface area contributed by atoms with Crippen molar-refractivity contribution in [1.29, 1.82) is 10.5 Å². The largest absolute Gasteiger partial charge is 0.477 e. The molecule has 4 aromatic rings.